The Kier molecular flexibility index (Phi) is 5.86. The molecule has 3 aromatic rings. The summed E-state index contributed by atoms with van der Waals surface area (Å²) in [7, 11) is 0. The number of fused-ring (bicyclic) bond motifs is 3. The topological polar surface area (TPSA) is 64.6 Å². The van der Waals surface area contributed by atoms with Crippen molar-refractivity contribution in [3.05, 3.63) is 83.4 Å². The molecule has 2 aliphatic rings. The third-order valence-electron chi connectivity index (χ3n) is 6.31. The third-order valence-corrected chi connectivity index (χ3v) is 6.31. The minimum atomic E-state index is -0.504. The number of ether oxygens (including phenoxy) is 2. The molecule has 168 valence electrons. The largest absolute Gasteiger partial charge is 0.448 e. The van der Waals surface area contributed by atoms with Crippen LogP contribution in [0.15, 0.2) is 66.7 Å². The molecule has 0 saturated heterocycles. The predicted molar refractivity (Wildman–Crippen MR) is 128 cm³/mol. The molecule has 0 bridgehead atoms. The van der Waals surface area contributed by atoms with Gasteiger partial charge in [0.05, 0.1) is 5.69 Å². The number of rotatable bonds is 7. The molecule has 0 atom stereocenters. The minimum absolute atomic E-state index is 0.00684. The standard InChI is InChI=1S/C28H27NO4/c1-2-8-26(30)33-25-14-7-13-24(27(25)18-15-16-18)29-28(31)32-17-23-21-11-5-3-9-19(21)20-10-4-6-12-22(20)23/h3-7,9-14,18,23H,2,8,15-17H2,1H3,(H,29,31). The molecular weight excluding hydrogens is 414 g/mol. The van der Waals surface area contributed by atoms with Crippen molar-refractivity contribution in [2.75, 3.05) is 11.9 Å². The Hall–Kier alpha value is -3.60. The van der Waals surface area contributed by atoms with Gasteiger partial charge >= 0.3 is 12.1 Å². The monoisotopic (exact) mass is 441 g/mol. The van der Waals surface area contributed by atoms with Gasteiger partial charge in [-0.05, 0) is 59.6 Å². The first-order chi connectivity index (χ1) is 16.2. The fourth-order valence-electron chi connectivity index (χ4n) is 4.66. The number of esters is 1. The Labute approximate surface area is 193 Å². The first-order valence-corrected chi connectivity index (χ1v) is 11.6. The second-order valence-corrected chi connectivity index (χ2v) is 8.67. The van der Waals surface area contributed by atoms with Crippen LogP contribution in [-0.2, 0) is 9.53 Å². The van der Waals surface area contributed by atoms with Crippen LogP contribution in [0.4, 0.5) is 10.5 Å². The molecule has 5 rings (SSSR count). The summed E-state index contributed by atoms with van der Waals surface area (Å²) in [6.45, 7) is 2.20. The molecule has 0 aromatic heterocycles. The highest BCUT2D eigenvalue weighted by atomic mass is 16.5. The number of benzene rings is 3. The van der Waals surface area contributed by atoms with Gasteiger partial charge in [0.1, 0.15) is 12.4 Å². The van der Waals surface area contributed by atoms with Crippen LogP contribution in [0.5, 0.6) is 5.75 Å². The van der Waals surface area contributed by atoms with Crippen LogP contribution in [0.2, 0.25) is 0 Å². The van der Waals surface area contributed by atoms with Crippen LogP contribution in [0.3, 0.4) is 0 Å². The Morgan fingerprint density at radius 2 is 1.58 bits per heavy atom. The molecule has 1 saturated carbocycles. The Morgan fingerprint density at radius 1 is 0.909 bits per heavy atom. The number of anilines is 1. The average molecular weight is 442 g/mol. The molecule has 0 spiro atoms. The van der Waals surface area contributed by atoms with Gasteiger partial charge in [-0.15, -0.1) is 0 Å². The first kappa shape index (κ1) is 21.3. The van der Waals surface area contributed by atoms with E-state index >= 15 is 0 Å². The summed E-state index contributed by atoms with van der Waals surface area (Å²) < 4.78 is 11.3. The van der Waals surface area contributed by atoms with E-state index in [-0.39, 0.29) is 18.5 Å². The molecule has 5 nitrogen and oxygen atoms in total. The lowest BCUT2D eigenvalue weighted by atomic mass is 9.98. The highest BCUT2D eigenvalue weighted by molar-refractivity contribution is 5.87. The van der Waals surface area contributed by atoms with Crippen molar-refractivity contribution in [2.24, 2.45) is 0 Å². The zero-order valence-corrected chi connectivity index (χ0v) is 18.7. The number of carbonyl (C=O) groups is 2. The van der Waals surface area contributed by atoms with E-state index in [1.54, 1.807) is 12.1 Å². The van der Waals surface area contributed by atoms with Crippen molar-refractivity contribution in [1.29, 1.82) is 0 Å². The van der Waals surface area contributed by atoms with Gasteiger partial charge in [-0.2, -0.15) is 0 Å². The van der Waals surface area contributed by atoms with Crippen molar-refractivity contribution >= 4 is 17.7 Å². The fraction of sp³-hybridized carbons (Fsp3) is 0.286. The molecule has 1 fully saturated rings. The summed E-state index contributed by atoms with van der Waals surface area (Å²) in [4.78, 5) is 24.8. The Bertz CT molecular complexity index is 1150. The summed E-state index contributed by atoms with van der Waals surface area (Å²) in [5.74, 6) is 0.581. The first-order valence-electron chi connectivity index (χ1n) is 11.6. The molecule has 1 amide bonds. The molecule has 0 unspecified atom stereocenters. The zero-order chi connectivity index (χ0) is 22.8. The van der Waals surface area contributed by atoms with Gasteiger partial charge in [-0.1, -0.05) is 61.5 Å². The summed E-state index contributed by atoms with van der Waals surface area (Å²) in [5.41, 5.74) is 6.27. The normalized spacial score (nSPS) is 14.3. The van der Waals surface area contributed by atoms with Crippen LogP contribution >= 0.6 is 0 Å². The smallest absolute Gasteiger partial charge is 0.411 e. The van der Waals surface area contributed by atoms with Crippen LogP contribution in [-0.4, -0.2) is 18.7 Å². The van der Waals surface area contributed by atoms with Gasteiger partial charge in [0.25, 0.3) is 0 Å². The number of carbonyl (C=O) groups excluding carboxylic acids is 2. The molecule has 5 heteroatoms. The maximum absolute atomic E-state index is 12.8. The van der Waals surface area contributed by atoms with Gasteiger partial charge in [0.15, 0.2) is 0 Å². The zero-order valence-electron chi connectivity index (χ0n) is 18.7. The average Bonchev–Trinajstić information content (AvgIpc) is 3.60. The van der Waals surface area contributed by atoms with Crippen LogP contribution in [0.25, 0.3) is 11.1 Å². The summed E-state index contributed by atoms with van der Waals surface area (Å²) >= 11 is 0. The van der Waals surface area contributed by atoms with Gasteiger partial charge in [-0.3, -0.25) is 10.1 Å². The van der Waals surface area contributed by atoms with E-state index in [1.165, 1.54) is 22.3 Å². The number of amides is 1. The second kappa shape index (κ2) is 9.10. The highest BCUT2D eigenvalue weighted by Crippen LogP contribution is 2.48. The summed E-state index contributed by atoms with van der Waals surface area (Å²) in [5, 5.41) is 2.90. The lowest BCUT2D eigenvalue weighted by molar-refractivity contribution is -0.134. The summed E-state index contributed by atoms with van der Waals surface area (Å²) in [6.07, 6.45) is 2.63. The molecule has 1 N–H and O–H groups in total. The number of hydrogen-bond acceptors (Lipinski definition) is 4. The Balaban J connectivity index is 1.31. The maximum atomic E-state index is 12.8. The SMILES string of the molecule is CCCC(=O)Oc1cccc(NC(=O)OCC2c3ccccc3-c3ccccc32)c1C1CC1. The van der Waals surface area contributed by atoms with E-state index in [0.29, 0.717) is 23.8 Å². The van der Waals surface area contributed by atoms with Crippen LogP contribution < -0.4 is 10.1 Å². The van der Waals surface area contributed by atoms with Gasteiger partial charge in [0, 0.05) is 17.9 Å². The molecule has 3 aromatic carbocycles. The molecule has 33 heavy (non-hydrogen) atoms. The lowest BCUT2D eigenvalue weighted by Crippen LogP contribution is -2.19. The van der Waals surface area contributed by atoms with E-state index in [0.717, 1.165) is 24.8 Å². The maximum Gasteiger partial charge on any atom is 0.411 e. The van der Waals surface area contributed by atoms with Crippen LogP contribution in [0, 0.1) is 0 Å². The molecule has 0 aliphatic heterocycles. The predicted octanol–water partition coefficient (Wildman–Crippen LogP) is 6.63. The number of nitrogens with one attached hydrogen (secondary N) is 1. The van der Waals surface area contributed by atoms with E-state index in [2.05, 4.69) is 29.6 Å². The number of hydrogen-bond donors (Lipinski definition) is 1. The van der Waals surface area contributed by atoms with Crippen molar-refractivity contribution < 1.29 is 19.1 Å². The van der Waals surface area contributed by atoms with Gasteiger partial charge in [-0.25, -0.2) is 4.79 Å². The molecule has 2 aliphatic carbocycles. The highest BCUT2D eigenvalue weighted by Gasteiger charge is 2.32. The molecule has 0 radical (unpaired) electrons. The fourth-order valence-corrected chi connectivity index (χ4v) is 4.66. The lowest BCUT2D eigenvalue weighted by Gasteiger charge is -2.17. The van der Waals surface area contributed by atoms with E-state index in [1.807, 2.05) is 37.3 Å². The van der Waals surface area contributed by atoms with Crippen molar-refractivity contribution in [2.45, 2.75) is 44.4 Å². The molecule has 0 heterocycles. The van der Waals surface area contributed by atoms with Gasteiger partial charge < -0.3 is 9.47 Å². The Morgan fingerprint density at radius 3 is 2.21 bits per heavy atom. The second-order valence-electron chi connectivity index (χ2n) is 8.67. The minimum Gasteiger partial charge on any atom is -0.448 e. The van der Waals surface area contributed by atoms with Crippen molar-refractivity contribution in [1.82, 2.24) is 0 Å². The summed E-state index contributed by atoms with van der Waals surface area (Å²) in [6, 6.07) is 22.0. The van der Waals surface area contributed by atoms with E-state index in [9.17, 15) is 9.59 Å². The van der Waals surface area contributed by atoms with Crippen molar-refractivity contribution in [3.63, 3.8) is 0 Å². The third kappa shape index (κ3) is 4.36. The quantitative estimate of drug-likeness (QED) is 0.330. The van der Waals surface area contributed by atoms with Gasteiger partial charge in [0.2, 0.25) is 0 Å². The molecular formula is C28H27NO4. The van der Waals surface area contributed by atoms with E-state index < -0.39 is 6.09 Å². The van der Waals surface area contributed by atoms with Crippen LogP contribution in [0.1, 0.15) is 61.1 Å². The van der Waals surface area contributed by atoms with Crippen molar-refractivity contribution in [3.8, 4) is 16.9 Å². The van der Waals surface area contributed by atoms with E-state index in [4.69, 9.17) is 9.47 Å².